The molecule has 1 saturated carbocycles. The Balaban J connectivity index is 1.18. The molecule has 3 atom stereocenters. The monoisotopic (exact) mass is 551 g/mol. The van der Waals surface area contributed by atoms with Gasteiger partial charge in [0.2, 0.25) is 0 Å². The van der Waals surface area contributed by atoms with Gasteiger partial charge in [0, 0.05) is 35.3 Å². The second kappa shape index (κ2) is 9.63. The number of piperidine rings is 1. The van der Waals surface area contributed by atoms with E-state index < -0.39 is 0 Å². The number of pyridine rings is 1. The standard InChI is InChI=1S/C28H30BrN3O4/c1-16-5-3-4-6-22(16)25-23(26(36-31-25)17-7-8-17)15-35-21-12-19-9-10-20(13-21)32(19)27-24(29)11-18(14-30-27)28(33)34-2/h3-6,11,14,17,19-21H,7-10,12-13,15H2,1-2H3/t19-,20?,21?/m0/s1. The average molecular weight is 552 g/mol. The molecule has 3 aliphatic rings. The number of hydrogen-bond donors (Lipinski definition) is 0. The van der Waals surface area contributed by atoms with Crippen LogP contribution < -0.4 is 4.90 Å². The van der Waals surface area contributed by atoms with Crippen LogP contribution >= 0.6 is 15.9 Å². The van der Waals surface area contributed by atoms with E-state index in [4.69, 9.17) is 14.0 Å². The van der Waals surface area contributed by atoms with Crippen LogP contribution in [0.15, 0.2) is 45.5 Å². The fourth-order valence-corrected chi connectivity index (χ4v) is 6.39. The van der Waals surface area contributed by atoms with Crippen LogP contribution in [0, 0.1) is 6.92 Å². The van der Waals surface area contributed by atoms with Crippen molar-refractivity contribution in [2.75, 3.05) is 12.0 Å². The predicted octanol–water partition coefficient (Wildman–Crippen LogP) is 6.19. The molecule has 3 fully saturated rings. The third-order valence-electron chi connectivity index (χ3n) is 7.81. The number of aromatic nitrogens is 2. The molecule has 1 aromatic carbocycles. The number of benzene rings is 1. The smallest absolute Gasteiger partial charge is 0.339 e. The average Bonchev–Trinajstić information content (AvgIpc) is 3.59. The highest BCUT2D eigenvalue weighted by Gasteiger charge is 2.43. The van der Waals surface area contributed by atoms with Crippen LogP contribution in [-0.4, -0.2) is 41.4 Å². The summed E-state index contributed by atoms with van der Waals surface area (Å²) in [6, 6.07) is 10.9. The number of rotatable bonds is 7. The first kappa shape index (κ1) is 23.7. The molecule has 8 heteroatoms. The summed E-state index contributed by atoms with van der Waals surface area (Å²) in [5, 5.41) is 4.49. The molecule has 2 unspecified atom stereocenters. The Bertz CT molecular complexity index is 1270. The van der Waals surface area contributed by atoms with Gasteiger partial charge in [-0.3, -0.25) is 0 Å². The summed E-state index contributed by atoms with van der Waals surface area (Å²) in [6.07, 6.45) is 8.24. The predicted molar refractivity (Wildman–Crippen MR) is 139 cm³/mol. The van der Waals surface area contributed by atoms with Crippen molar-refractivity contribution in [3.8, 4) is 11.3 Å². The van der Waals surface area contributed by atoms with Gasteiger partial charge in [-0.25, -0.2) is 9.78 Å². The molecule has 0 amide bonds. The van der Waals surface area contributed by atoms with E-state index in [0.29, 0.717) is 30.2 Å². The minimum absolute atomic E-state index is 0.179. The van der Waals surface area contributed by atoms with Crippen LogP contribution in [0.4, 0.5) is 5.82 Å². The summed E-state index contributed by atoms with van der Waals surface area (Å²) in [7, 11) is 1.38. The third-order valence-corrected chi connectivity index (χ3v) is 8.39. The van der Waals surface area contributed by atoms with Crippen LogP contribution in [0.2, 0.25) is 0 Å². The number of nitrogens with zero attached hydrogens (tertiary/aromatic N) is 3. The minimum Gasteiger partial charge on any atom is -0.465 e. The Hall–Kier alpha value is -2.71. The fourth-order valence-electron chi connectivity index (χ4n) is 5.84. The van der Waals surface area contributed by atoms with Crippen LogP contribution in [0.5, 0.6) is 0 Å². The molecule has 36 heavy (non-hydrogen) atoms. The highest BCUT2D eigenvalue weighted by atomic mass is 79.9. The van der Waals surface area contributed by atoms with E-state index in [1.165, 1.54) is 12.7 Å². The molecule has 3 aromatic rings. The second-order valence-electron chi connectivity index (χ2n) is 10.2. The van der Waals surface area contributed by atoms with Crippen molar-refractivity contribution in [1.82, 2.24) is 10.1 Å². The molecule has 2 saturated heterocycles. The lowest BCUT2D eigenvalue weighted by atomic mass is 9.98. The number of carbonyl (C=O) groups excluding carboxylic acids is 1. The highest BCUT2D eigenvalue weighted by molar-refractivity contribution is 9.10. The third kappa shape index (κ3) is 4.34. The van der Waals surface area contributed by atoms with Crippen LogP contribution in [0.1, 0.15) is 71.7 Å². The zero-order chi connectivity index (χ0) is 24.8. The zero-order valence-corrected chi connectivity index (χ0v) is 22.2. The van der Waals surface area contributed by atoms with Crippen molar-refractivity contribution in [1.29, 1.82) is 0 Å². The Morgan fingerprint density at radius 1 is 1.17 bits per heavy atom. The van der Waals surface area contributed by atoms with Crippen molar-refractivity contribution in [3.63, 3.8) is 0 Å². The van der Waals surface area contributed by atoms with Gasteiger partial charge in [-0.2, -0.15) is 0 Å². The number of anilines is 1. The molecule has 0 spiro atoms. The maximum atomic E-state index is 11.9. The lowest BCUT2D eigenvalue weighted by Gasteiger charge is -2.40. The van der Waals surface area contributed by atoms with E-state index >= 15 is 0 Å². The van der Waals surface area contributed by atoms with E-state index in [0.717, 1.165) is 71.4 Å². The van der Waals surface area contributed by atoms with E-state index in [-0.39, 0.29) is 12.1 Å². The molecule has 7 nitrogen and oxygen atoms in total. The second-order valence-corrected chi connectivity index (χ2v) is 11.0. The normalized spacial score (nSPS) is 23.2. The van der Waals surface area contributed by atoms with Gasteiger partial charge in [0.25, 0.3) is 0 Å². The summed E-state index contributed by atoms with van der Waals surface area (Å²) >= 11 is 3.64. The van der Waals surface area contributed by atoms with Gasteiger partial charge in [0.15, 0.2) is 0 Å². The number of halogens is 1. The number of aryl methyl sites for hydroxylation is 1. The van der Waals surface area contributed by atoms with Crippen LogP contribution in [-0.2, 0) is 16.1 Å². The SMILES string of the molecule is COC(=O)c1cnc(N2C3CC[C@H]2CC(OCc2c(-c4ccccc4C)noc2C2CC2)C3)c(Br)c1. The summed E-state index contributed by atoms with van der Waals surface area (Å²) in [4.78, 5) is 18.9. The van der Waals surface area contributed by atoms with E-state index in [1.807, 2.05) is 0 Å². The fraction of sp³-hybridized carbons (Fsp3) is 0.464. The van der Waals surface area contributed by atoms with Gasteiger partial charge < -0.3 is 18.9 Å². The first-order valence-electron chi connectivity index (χ1n) is 12.7. The Labute approximate surface area is 219 Å². The van der Waals surface area contributed by atoms with Crippen molar-refractivity contribution < 1.29 is 18.8 Å². The summed E-state index contributed by atoms with van der Waals surface area (Å²) in [6.45, 7) is 2.64. The summed E-state index contributed by atoms with van der Waals surface area (Å²) in [5.41, 5.74) is 4.80. The lowest BCUT2D eigenvalue weighted by molar-refractivity contribution is 0.0145. The molecule has 2 bridgehead atoms. The largest absolute Gasteiger partial charge is 0.465 e. The zero-order valence-electron chi connectivity index (χ0n) is 20.6. The first-order chi connectivity index (χ1) is 17.5. The molecular formula is C28H30BrN3O4. The van der Waals surface area contributed by atoms with E-state index in [2.05, 4.69) is 62.2 Å². The quantitative estimate of drug-likeness (QED) is 0.324. The molecule has 4 heterocycles. The molecule has 188 valence electrons. The molecule has 0 radical (unpaired) electrons. The van der Waals surface area contributed by atoms with Gasteiger partial charge in [-0.1, -0.05) is 29.4 Å². The summed E-state index contributed by atoms with van der Waals surface area (Å²) in [5.74, 6) is 2.00. The number of ether oxygens (including phenoxy) is 2. The van der Waals surface area contributed by atoms with Gasteiger partial charge >= 0.3 is 5.97 Å². The number of carbonyl (C=O) groups is 1. The number of fused-ring (bicyclic) bond motifs is 2. The van der Waals surface area contributed by atoms with Crippen molar-refractivity contribution >= 4 is 27.7 Å². The Morgan fingerprint density at radius 3 is 2.58 bits per heavy atom. The van der Waals surface area contributed by atoms with Gasteiger partial charge in [-0.15, -0.1) is 0 Å². The van der Waals surface area contributed by atoms with Crippen molar-refractivity contribution in [3.05, 3.63) is 63.5 Å². The molecule has 2 aliphatic heterocycles. The molecular weight excluding hydrogens is 522 g/mol. The maximum absolute atomic E-state index is 11.9. The van der Waals surface area contributed by atoms with E-state index in [9.17, 15) is 4.79 Å². The van der Waals surface area contributed by atoms with Crippen molar-refractivity contribution in [2.24, 2.45) is 0 Å². The maximum Gasteiger partial charge on any atom is 0.339 e. The molecule has 0 N–H and O–H groups in total. The Morgan fingerprint density at radius 2 is 1.92 bits per heavy atom. The molecule has 1 aliphatic carbocycles. The van der Waals surface area contributed by atoms with Gasteiger partial charge in [-0.05, 0) is 73.0 Å². The van der Waals surface area contributed by atoms with E-state index in [1.54, 1.807) is 12.3 Å². The topological polar surface area (TPSA) is 77.7 Å². The minimum atomic E-state index is -0.380. The lowest BCUT2D eigenvalue weighted by Crippen LogP contribution is -2.46. The van der Waals surface area contributed by atoms with Crippen molar-refractivity contribution in [2.45, 2.75) is 76.2 Å². The Kier molecular flexibility index (Phi) is 6.33. The number of methoxy groups -OCH3 is 1. The van der Waals surface area contributed by atoms with Gasteiger partial charge in [0.1, 0.15) is 17.3 Å². The van der Waals surface area contributed by atoms with Crippen LogP contribution in [0.3, 0.4) is 0 Å². The molecule has 2 aromatic heterocycles. The van der Waals surface area contributed by atoms with Gasteiger partial charge in [0.05, 0.1) is 29.9 Å². The van der Waals surface area contributed by atoms with Crippen LogP contribution in [0.25, 0.3) is 11.3 Å². The highest BCUT2D eigenvalue weighted by Crippen LogP contribution is 2.46. The molecule has 6 rings (SSSR count). The summed E-state index contributed by atoms with van der Waals surface area (Å²) < 4.78 is 18.1. The number of esters is 1. The number of hydrogen-bond acceptors (Lipinski definition) is 7. The first-order valence-corrected chi connectivity index (χ1v) is 13.5.